The van der Waals surface area contributed by atoms with E-state index in [1.807, 2.05) is 6.07 Å². The zero-order valence-electron chi connectivity index (χ0n) is 9.57. The summed E-state index contributed by atoms with van der Waals surface area (Å²) in [4.78, 5) is 10.8. The highest BCUT2D eigenvalue weighted by molar-refractivity contribution is 6.30. The number of carboxylic acids is 1. The van der Waals surface area contributed by atoms with Gasteiger partial charge in [-0.1, -0.05) is 11.6 Å². The van der Waals surface area contributed by atoms with E-state index in [1.54, 1.807) is 32.0 Å². The van der Waals surface area contributed by atoms with Gasteiger partial charge in [0.25, 0.3) is 0 Å². The van der Waals surface area contributed by atoms with Crippen LogP contribution in [0.25, 0.3) is 0 Å². The van der Waals surface area contributed by atoms with Gasteiger partial charge < -0.3 is 10.4 Å². The molecule has 4 nitrogen and oxygen atoms in total. The topological polar surface area (TPSA) is 73.1 Å². The lowest BCUT2D eigenvalue weighted by atomic mass is 10.0. The lowest BCUT2D eigenvalue weighted by Gasteiger charge is -2.19. The van der Waals surface area contributed by atoms with Crippen molar-refractivity contribution in [1.29, 1.82) is 5.26 Å². The molecule has 0 aromatic heterocycles. The van der Waals surface area contributed by atoms with Crippen molar-refractivity contribution < 1.29 is 9.90 Å². The first-order valence-corrected chi connectivity index (χ1v) is 5.52. The van der Waals surface area contributed by atoms with E-state index in [9.17, 15) is 4.79 Å². The molecule has 0 saturated carbocycles. The fraction of sp³-hybridized carbons (Fsp3) is 0.333. The number of benzene rings is 1. The molecule has 0 aliphatic carbocycles. The summed E-state index contributed by atoms with van der Waals surface area (Å²) >= 11 is 5.77. The number of carboxylic acid groups (broad SMARTS) is 1. The van der Waals surface area contributed by atoms with Crippen LogP contribution in [0.1, 0.15) is 19.4 Å². The molecule has 0 radical (unpaired) electrons. The molecule has 0 heterocycles. The molecule has 0 bridgehead atoms. The van der Waals surface area contributed by atoms with Gasteiger partial charge in [0, 0.05) is 11.1 Å². The summed E-state index contributed by atoms with van der Waals surface area (Å²) in [5.41, 5.74) is 0.999. The molecular weight excluding hydrogens is 240 g/mol. The highest BCUT2D eigenvalue weighted by Crippen LogP contribution is 2.21. The van der Waals surface area contributed by atoms with E-state index in [0.29, 0.717) is 16.3 Å². The second-order valence-electron chi connectivity index (χ2n) is 3.86. The van der Waals surface area contributed by atoms with E-state index in [-0.39, 0.29) is 6.04 Å². The molecule has 0 saturated heterocycles. The number of carbonyl (C=O) groups is 1. The van der Waals surface area contributed by atoms with Gasteiger partial charge >= 0.3 is 5.97 Å². The van der Waals surface area contributed by atoms with E-state index in [1.165, 1.54) is 0 Å². The van der Waals surface area contributed by atoms with Gasteiger partial charge in [0.15, 0.2) is 0 Å². The Bertz CT molecular complexity index is 468. The molecule has 0 amide bonds. The summed E-state index contributed by atoms with van der Waals surface area (Å²) in [6.45, 7) is 3.37. The number of rotatable bonds is 4. The standard InChI is InChI=1S/C12H13ClN2O2/c1-7(12(16)17)8(2)15-11-4-3-10(13)5-9(11)6-14/h3-5,7-8,15H,1-2H3,(H,16,17). The number of anilines is 1. The summed E-state index contributed by atoms with van der Waals surface area (Å²) in [5, 5.41) is 21.3. The summed E-state index contributed by atoms with van der Waals surface area (Å²) in [6, 6.07) is 6.61. The third-order valence-electron chi connectivity index (χ3n) is 2.62. The average Bonchev–Trinajstić information content (AvgIpc) is 2.30. The van der Waals surface area contributed by atoms with E-state index >= 15 is 0 Å². The minimum atomic E-state index is -0.877. The van der Waals surface area contributed by atoms with Crippen molar-refractivity contribution in [3.05, 3.63) is 28.8 Å². The first kappa shape index (κ1) is 13.3. The number of halogens is 1. The Morgan fingerprint density at radius 2 is 2.18 bits per heavy atom. The van der Waals surface area contributed by atoms with Crippen LogP contribution in [-0.4, -0.2) is 17.1 Å². The van der Waals surface area contributed by atoms with Crippen molar-refractivity contribution in [2.45, 2.75) is 19.9 Å². The normalized spacial score (nSPS) is 13.5. The molecule has 2 atom stereocenters. The first-order valence-electron chi connectivity index (χ1n) is 5.14. The number of aliphatic carboxylic acids is 1. The van der Waals surface area contributed by atoms with Gasteiger partial charge in [-0.3, -0.25) is 4.79 Å². The van der Waals surface area contributed by atoms with Crippen LogP contribution < -0.4 is 5.32 Å². The Kier molecular flexibility index (Phi) is 4.36. The Balaban J connectivity index is 2.89. The second-order valence-corrected chi connectivity index (χ2v) is 4.30. The van der Waals surface area contributed by atoms with Crippen molar-refractivity contribution in [3.63, 3.8) is 0 Å². The van der Waals surface area contributed by atoms with Crippen LogP contribution in [0.2, 0.25) is 5.02 Å². The maximum absolute atomic E-state index is 10.8. The Morgan fingerprint density at radius 1 is 1.53 bits per heavy atom. The van der Waals surface area contributed by atoms with E-state index < -0.39 is 11.9 Å². The fourth-order valence-corrected chi connectivity index (χ4v) is 1.49. The number of hydrogen-bond acceptors (Lipinski definition) is 3. The quantitative estimate of drug-likeness (QED) is 0.864. The predicted molar refractivity (Wildman–Crippen MR) is 66.1 cm³/mol. The smallest absolute Gasteiger partial charge is 0.308 e. The molecule has 0 aliphatic heterocycles. The monoisotopic (exact) mass is 252 g/mol. The number of nitrogens with one attached hydrogen (secondary N) is 1. The second kappa shape index (κ2) is 5.55. The van der Waals surface area contributed by atoms with Crippen LogP contribution in [0.15, 0.2) is 18.2 Å². The summed E-state index contributed by atoms with van der Waals surface area (Å²) in [5.74, 6) is -1.42. The zero-order valence-corrected chi connectivity index (χ0v) is 10.3. The van der Waals surface area contributed by atoms with E-state index in [4.69, 9.17) is 22.0 Å². The molecular formula is C12H13ClN2O2. The average molecular weight is 253 g/mol. The predicted octanol–water partition coefficient (Wildman–Crippen LogP) is 2.73. The van der Waals surface area contributed by atoms with Crippen LogP contribution >= 0.6 is 11.6 Å². The van der Waals surface area contributed by atoms with Crippen LogP contribution in [0.5, 0.6) is 0 Å². The molecule has 1 rings (SSSR count). The number of nitriles is 1. The van der Waals surface area contributed by atoms with Crippen LogP contribution in [0.4, 0.5) is 5.69 Å². The molecule has 1 aromatic carbocycles. The summed E-state index contributed by atoms with van der Waals surface area (Å²) in [7, 11) is 0. The Hall–Kier alpha value is -1.73. The van der Waals surface area contributed by atoms with Gasteiger partial charge in [-0.2, -0.15) is 5.26 Å². The molecule has 5 heteroatoms. The largest absolute Gasteiger partial charge is 0.481 e. The highest BCUT2D eigenvalue weighted by atomic mass is 35.5. The molecule has 17 heavy (non-hydrogen) atoms. The first-order chi connectivity index (χ1) is 7.95. The molecule has 0 aliphatic rings. The fourth-order valence-electron chi connectivity index (χ4n) is 1.32. The molecule has 0 fully saturated rings. The van der Waals surface area contributed by atoms with Gasteiger partial charge in [-0.05, 0) is 32.0 Å². The SMILES string of the molecule is CC(Nc1ccc(Cl)cc1C#N)C(C)C(=O)O. The summed E-state index contributed by atoms with van der Waals surface area (Å²) in [6.07, 6.45) is 0. The maximum atomic E-state index is 10.8. The van der Waals surface area contributed by atoms with E-state index in [2.05, 4.69) is 5.32 Å². The molecule has 2 unspecified atom stereocenters. The Morgan fingerprint density at radius 3 is 2.71 bits per heavy atom. The van der Waals surface area contributed by atoms with E-state index in [0.717, 1.165) is 0 Å². The maximum Gasteiger partial charge on any atom is 0.308 e. The van der Waals surface area contributed by atoms with Crippen molar-refractivity contribution in [2.24, 2.45) is 5.92 Å². The van der Waals surface area contributed by atoms with Crippen molar-refractivity contribution >= 4 is 23.3 Å². The van der Waals surface area contributed by atoms with Gasteiger partial charge in [0.1, 0.15) is 6.07 Å². The van der Waals surface area contributed by atoms with Gasteiger partial charge in [0.05, 0.1) is 17.2 Å². The molecule has 2 N–H and O–H groups in total. The highest BCUT2D eigenvalue weighted by Gasteiger charge is 2.19. The van der Waals surface area contributed by atoms with Crippen molar-refractivity contribution in [2.75, 3.05) is 5.32 Å². The minimum absolute atomic E-state index is 0.277. The minimum Gasteiger partial charge on any atom is -0.481 e. The third kappa shape index (κ3) is 3.36. The van der Waals surface area contributed by atoms with Gasteiger partial charge in [0.2, 0.25) is 0 Å². The molecule has 90 valence electrons. The number of hydrogen-bond donors (Lipinski definition) is 2. The molecule has 1 aromatic rings. The van der Waals surface area contributed by atoms with Crippen molar-refractivity contribution in [3.8, 4) is 6.07 Å². The van der Waals surface area contributed by atoms with Crippen LogP contribution in [-0.2, 0) is 4.79 Å². The summed E-state index contributed by atoms with van der Waals surface area (Å²) < 4.78 is 0. The third-order valence-corrected chi connectivity index (χ3v) is 2.86. The van der Waals surface area contributed by atoms with Crippen LogP contribution in [0, 0.1) is 17.2 Å². The number of nitrogens with zero attached hydrogens (tertiary/aromatic N) is 1. The van der Waals surface area contributed by atoms with Gasteiger partial charge in [-0.15, -0.1) is 0 Å². The van der Waals surface area contributed by atoms with Crippen molar-refractivity contribution in [1.82, 2.24) is 0 Å². The lowest BCUT2D eigenvalue weighted by Crippen LogP contribution is -2.29. The Labute approximate surface area is 105 Å². The lowest BCUT2D eigenvalue weighted by molar-refractivity contribution is -0.141. The van der Waals surface area contributed by atoms with Gasteiger partial charge in [-0.25, -0.2) is 0 Å². The zero-order chi connectivity index (χ0) is 13.0. The molecule has 0 spiro atoms. The van der Waals surface area contributed by atoms with Crippen LogP contribution in [0.3, 0.4) is 0 Å².